The van der Waals surface area contributed by atoms with E-state index in [-0.39, 0.29) is 0 Å². The molecule has 2 rings (SSSR count). The smallest absolute Gasteiger partial charge is 0.0510 e. The van der Waals surface area contributed by atoms with Crippen molar-refractivity contribution in [2.45, 2.75) is 25.1 Å². The largest absolute Gasteiger partial charge is 0.381 e. The number of ether oxygens (including phenoxy) is 1. The van der Waals surface area contributed by atoms with Crippen LogP contribution >= 0.6 is 23.4 Å². The van der Waals surface area contributed by atoms with Gasteiger partial charge >= 0.3 is 0 Å². The van der Waals surface area contributed by atoms with Gasteiger partial charge in [0, 0.05) is 35.1 Å². The van der Waals surface area contributed by atoms with Crippen LogP contribution in [0.4, 0.5) is 0 Å². The van der Waals surface area contributed by atoms with Crippen molar-refractivity contribution in [1.82, 2.24) is 5.32 Å². The summed E-state index contributed by atoms with van der Waals surface area (Å²) in [6, 6.07) is 8.71. The van der Waals surface area contributed by atoms with E-state index in [1.54, 1.807) is 0 Å². The van der Waals surface area contributed by atoms with Gasteiger partial charge < -0.3 is 10.1 Å². The van der Waals surface area contributed by atoms with Crippen molar-refractivity contribution in [2.24, 2.45) is 5.92 Å². The maximum atomic E-state index is 5.89. The highest BCUT2D eigenvalue weighted by molar-refractivity contribution is 7.98. The molecule has 1 aliphatic rings. The zero-order valence-electron chi connectivity index (χ0n) is 11.4. The van der Waals surface area contributed by atoms with Crippen molar-refractivity contribution in [2.75, 3.05) is 25.5 Å². The second-order valence-corrected chi connectivity index (χ2v) is 6.40. The van der Waals surface area contributed by atoms with E-state index in [1.807, 2.05) is 23.9 Å². The quantitative estimate of drug-likeness (QED) is 0.831. The maximum absolute atomic E-state index is 5.89. The summed E-state index contributed by atoms with van der Waals surface area (Å²) in [5.74, 6) is 2.87. The molecule has 19 heavy (non-hydrogen) atoms. The third kappa shape index (κ3) is 4.99. The molecule has 1 fully saturated rings. The molecule has 1 aromatic carbocycles. The van der Waals surface area contributed by atoms with Gasteiger partial charge in [-0.1, -0.05) is 30.7 Å². The first-order chi connectivity index (χ1) is 9.29. The summed E-state index contributed by atoms with van der Waals surface area (Å²) in [6.07, 6.45) is 1.19. The Hall–Kier alpha value is -0.220. The zero-order chi connectivity index (χ0) is 13.5. The predicted octanol–water partition coefficient (Wildman–Crippen LogP) is 3.59. The summed E-state index contributed by atoms with van der Waals surface area (Å²) in [4.78, 5) is 0. The number of hydrogen-bond acceptors (Lipinski definition) is 3. The Labute approximate surface area is 125 Å². The molecule has 1 saturated heterocycles. The second-order valence-electron chi connectivity index (χ2n) is 4.93. The number of thioether (sulfide) groups is 1. The molecule has 0 aromatic heterocycles. The number of halogens is 1. The van der Waals surface area contributed by atoms with Gasteiger partial charge in [-0.05, 0) is 30.7 Å². The Morgan fingerprint density at radius 3 is 2.84 bits per heavy atom. The van der Waals surface area contributed by atoms with E-state index < -0.39 is 0 Å². The molecule has 106 valence electrons. The monoisotopic (exact) mass is 299 g/mol. The topological polar surface area (TPSA) is 21.3 Å². The Kier molecular flexibility index (Phi) is 6.51. The van der Waals surface area contributed by atoms with Crippen molar-refractivity contribution >= 4 is 23.4 Å². The number of rotatable bonds is 7. The molecule has 2 atom stereocenters. The highest BCUT2D eigenvalue weighted by Crippen LogP contribution is 2.22. The van der Waals surface area contributed by atoms with Crippen LogP contribution in [-0.4, -0.2) is 31.6 Å². The molecule has 1 heterocycles. The van der Waals surface area contributed by atoms with E-state index in [2.05, 4.69) is 24.4 Å². The third-order valence-electron chi connectivity index (χ3n) is 3.48. The van der Waals surface area contributed by atoms with Gasteiger partial charge in [0.05, 0.1) is 6.61 Å². The molecule has 1 aliphatic heterocycles. The Balaban J connectivity index is 1.76. The summed E-state index contributed by atoms with van der Waals surface area (Å²) in [5.41, 5.74) is 1.34. The Bertz CT molecular complexity index is 365. The van der Waals surface area contributed by atoms with Gasteiger partial charge in [0.1, 0.15) is 0 Å². The minimum absolute atomic E-state index is 0.574. The van der Waals surface area contributed by atoms with Gasteiger partial charge in [-0.2, -0.15) is 11.8 Å². The van der Waals surface area contributed by atoms with E-state index in [4.69, 9.17) is 16.3 Å². The lowest BCUT2D eigenvalue weighted by atomic mass is 10.0. The van der Waals surface area contributed by atoms with Crippen molar-refractivity contribution in [3.05, 3.63) is 34.9 Å². The standard InChI is InChI=1S/C15H22ClNOS/c1-2-17-15(13-7-8-18-9-13)11-19-10-12-3-5-14(16)6-4-12/h3-6,13,15,17H,2,7-11H2,1H3. The summed E-state index contributed by atoms with van der Waals surface area (Å²) in [5, 5.41) is 4.41. The van der Waals surface area contributed by atoms with Crippen LogP contribution in [0.2, 0.25) is 5.02 Å². The van der Waals surface area contributed by atoms with E-state index in [0.717, 1.165) is 36.3 Å². The molecule has 0 amide bonds. The van der Waals surface area contributed by atoms with Gasteiger partial charge in [0.15, 0.2) is 0 Å². The highest BCUT2D eigenvalue weighted by Gasteiger charge is 2.24. The molecule has 4 heteroatoms. The van der Waals surface area contributed by atoms with E-state index in [1.165, 1.54) is 12.0 Å². The maximum Gasteiger partial charge on any atom is 0.0510 e. The minimum Gasteiger partial charge on any atom is -0.381 e. The van der Waals surface area contributed by atoms with E-state index in [0.29, 0.717) is 12.0 Å². The first kappa shape index (κ1) is 15.2. The third-order valence-corrected chi connectivity index (χ3v) is 4.86. The van der Waals surface area contributed by atoms with Crippen LogP contribution in [0.5, 0.6) is 0 Å². The first-order valence-corrected chi connectivity index (χ1v) is 8.46. The average Bonchev–Trinajstić information content (AvgIpc) is 2.94. The average molecular weight is 300 g/mol. The van der Waals surface area contributed by atoms with Gasteiger partial charge in [0.2, 0.25) is 0 Å². The van der Waals surface area contributed by atoms with Crippen LogP contribution in [0.3, 0.4) is 0 Å². The van der Waals surface area contributed by atoms with Crippen LogP contribution < -0.4 is 5.32 Å². The van der Waals surface area contributed by atoms with Crippen LogP contribution in [0.25, 0.3) is 0 Å². The second kappa shape index (κ2) is 8.15. The fraction of sp³-hybridized carbons (Fsp3) is 0.600. The molecule has 1 aromatic rings. The lowest BCUT2D eigenvalue weighted by Crippen LogP contribution is -2.38. The zero-order valence-corrected chi connectivity index (χ0v) is 13.0. The van der Waals surface area contributed by atoms with Crippen molar-refractivity contribution in [3.8, 4) is 0 Å². The number of nitrogens with one attached hydrogen (secondary N) is 1. The molecule has 1 N–H and O–H groups in total. The van der Waals surface area contributed by atoms with Crippen LogP contribution in [0, 0.1) is 5.92 Å². The Morgan fingerprint density at radius 1 is 1.42 bits per heavy atom. The summed E-state index contributed by atoms with van der Waals surface area (Å²) < 4.78 is 5.50. The van der Waals surface area contributed by atoms with Gasteiger partial charge in [-0.3, -0.25) is 0 Å². The highest BCUT2D eigenvalue weighted by atomic mass is 35.5. The van der Waals surface area contributed by atoms with Crippen molar-refractivity contribution in [3.63, 3.8) is 0 Å². The van der Waals surface area contributed by atoms with Crippen LogP contribution in [0.1, 0.15) is 18.9 Å². The van der Waals surface area contributed by atoms with Gasteiger partial charge in [0.25, 0.3) is 0 Å². The number of benzene rings is 1. The van der Waals surface area contributed by atoms with Gasteiger partial charge in [-0.15, -0.1) is 0 Å². The molecule has 2 nitrogen and oxygen atoms in total. The number of hydrogen-bond donors (Lipinski definition) is 1. The predicted molar refractivity (Wildman–Crippen MR) is 84.0 cm³/mol. The van der Waals surface area contributed by atoms with Crippen molar-refractivity contribution < 1.29 is 4.74 Å². The fourth-order valence-corrected chi connectivity index (χ4v) is 3.69. The summed E-state index contributed by atoms with van der Waals surface area (Å²) in [6.45, 7) is 5.04. The lowest BCUT2D eigenvalue weighted by Gasteiger charge is -2.22. The summed E-state index contributed by atoms with van der Waals surface area (Å²) in [7, 11) is 0. The SMILES string of the molecule is CCNC(CSCc1ccc(Cl)cc1)C1CCOC1. The molecular formula is C15H22ClNOS. The molecule has 0 radical (unpaired) electrons. The van der Waals surface area contributed by atoms with Crippen LogP contribution in [0.15, 0.2) is 24.3 Å². The van der Waals surface area contributed by atoms with E-state index >= 15 is 0 Å². The summed E-state index contributed by atoms with van der Waals surface area (Å²) >= 11 is 7.88. The first-order valence-electron chi connectivity index (χ1n) is 6.93. The van der Waals surface area contributed by atoms with E-state index in [9.17, 15) is 0 Å². The lowest BCUT2D eigenvalue weighted by molar-refractivity contribution is 0.179. The molecular weight excluding hydrogens is 278 g/mol. The fourth-order valence-electron chi connectivity index (χ4n) is 2.38. The molecule has 2 unspecified atom stereocenters. The molecule has 0 bridgehead atoms. The van der Waals surface area contributed by atoms with Gasteiger partial charge in [-0.25, -0.2) is 0 Å². The molecule has 0 aliphatic carbocycles. The molecule has 0 saturated carbocycles. The minimum atomic E-state index is 0.574. The van der Waals surface area contributed by atoms with Crippen LogP contribution in [-0.2, 0) is 10.5 Å². The van der Waals surface area contributed by atoms with Crippen molar-refractivity contribution in [1.29, 1.82) is 0 Å². The molecule has 0 spiro atoms. The normalized spacial score (nSPS) is 20.6. The Morgan fingerprint density at radius 2 is 2.21 bits per heavy atom.